The molecule has 36 heavy (non-hydrogen) atoms. The molecule has 0 radical (unpaired) electrons. The number of hydrogen-bond donors (Lipinski definition) is 2. The molecule has 7 heteroatoms. The van der Waals surface area contributed by atoms with Crippen molar-refractivity contribution in [1.82, 2.24) is 9.80 Å². The molecule has 0 unspecified atom stereocenters. The van der Waals surface area contributed by atoms with Gasteiger partial charge in [0.1, 0.15) is 0 Å². The molecule has 1 atom stereocenters. The zero-order chi connectivity index (χ0) is 25.1. The van der Waals surface area contributed by atoms with Gasteiger partial charge < -0.3 is 20.4 Å². The fourth-order valence-electron chi connectivity index (χ4n) is 5.08. The first-order valence-electron chi connectivity index (χ1n) is 12.3. The van der Waals surface area contributed by atoms with Crippen LogP contribution in [0, 0.1) is 11.3 Å². The maximum absolute atomic E-state index is 13.1. The van der Waals surface area contributed by atoms with Crippen molar-refractivity contribution in [2.24, 2.45) is 0 Å². The number of amides is 3. The Hall–Kier alpha value is -4.15. The fraction of sp³-hybridized carbons (Fsp3) is 0.276. The lowest BCUT2D eigenvalue weighted by Gasteiger charge is -2.26. The van der Waals surface area contributed by atoms with Crippen LogP contribution in [0.4, 0.5) is 16.2 Å². The van der Waals surface area contributed by atoms with E-state index in [0.29, 0.717) is 23.4 Å². The summed E-state index contributed by atoms with van der Waals surface area (Å²) < 4.78 is 0. The molecule has 2 heterocycles. The molecule has 0 aromatic heterocycles. The first-order valence-corrected chi connectivity index (χ1v) is 12.3. The second-order valence-corrected chi connectivity index (χ2v) is 9.53. The molecule has 2 aliphatic heterocycles. The molecule has 0 bridgehead atoms. The van der Waals surface area contributed by atoms with Gasteiger partial charge in [0.15, 0.2) is 0 Å². The molecule has 5 rings (SSSR count). The number of urea groups is 1. The third-order valence-corrected chi connectivity index (χ3v) is 6.96. The van der Waals surface area contributed by atoms with E-state index in [9.17, 15) is 9.59 Å². The van der Waals surface area contributed by atoms with Crippen molar-refractivity contribution in [2.45, 2.75) is 31.8 Å². The van der Waals surface area contributed by atoms with Gasteiger partial charge in [-0.2, -0.15) is 5.26 Å². The minimum absolute atomic E-state index is 0.115. The van der Waals surface area contributed by atoms with Gasteiger partial charge in [0.25, 0.3) is 5.91 Å². The Morgan fingerprint density at radius 1 is 0.944 bits per heavy atom. The summed E-state index contributed by atoms with van der Waals surface area (Å²) in [6, 6.07) is 22.3. The van der Waals surface area contributed by atoms with Gasteiger partial charge in [0, 0.05) is 36.6 Å². The van der Waals surface area contributed by atoms with E-state index >= 15 is 0 Å². The predicted molar refractivity (Wildman–Crippen MR) is 140 cm³/mol. The predicted octanol–water partition coefficient (Wildman–Crippen LogP) is 5.17. The second kappa shape index (κ2) is 10.2. The molecular weight excluding hydrogens is 450 g/mol. The number of hydrogen-bond acceptors (Lipinski definition) is 4. The number of nitriles is 1. The summed E-state index contributed by atoms with van der Waals surface area (Å²) in [5, 5.41) is 15.1. The molecule has 0 saturated carbocycles. The average molecular weight is 480 g/mol. The Balaban J connectivity index is 1.29. The smallest absolute Gasteiger partial charge is 0.322 e. The first-order chi connectivity index (χ1) is 17.5. The van der Waals surface area contributed by atoms with Crippen LogP contribution in [0.5, 0.6) is 0 Å². The summed E-state index contributed by atoms with van der Waals surface area (Å²) in [6.07, 6.45) is 2.74. The van der Waals surface area contributed by atoms with Crippen LogP contribution in [-0.2, 0) is 13.0 Å². The molecule has 3 aromatic carbocycles. The largest absolute Gasteiger partial charge is 0.322 e. The number of rotatable bonds is 4. The Morgan fingerprint density at radius 3 is 2.64 bits per heavy atom. The second-order valence-electron chi connectivity index (χ2n) is 9.53. The van der Waals surface area contributed by atoms with E-state index in [1.807, 2.05) is 24.3 Å². The Bertz CT molecular complexity index is 1350. The minimum Gasteiger partial charge on any atom is -0.322 e. The third-order valence-electron chi connectivity index (χ3n) is 6.96. The van der Waals surface area contributed by atoms with Crippen LogP contribution in [0.25, 0.3) is 0 Å². The van der Waals surface area contributed by atoms with Crippen LogP contribution in [-0.4, -0.2) is 41.9 Å². The lowest BCUT2D eigenvalue weighted by atomic mass is 9.99. The van der Waals surface area contributed by atoms with E-state index in [0.717, 1.165) is 43.6 Å². The van der Waals surface area contributed by atoms with Crippen LogP contribution in [0.3, 0.4) is 0 Å². The van der Waals surface area contributed by atoms with Gasteiger partial charge in [-0.1, -0.05) is 24.3 Å². The van der Waals surface area contributed by atoms with Gasteiger partial charge in [0.05, 0.1) is 17.7 Å². The standard InChI is InChI=1S/C29H29N5O2/c1-33-14-12-21-10-11-26(17-24(21)19-33)31-28(35)23-7-3-6-22(16-23)27-9-4-13-34(27)29(36)32-25-8-2-5-20(15-25)18-30/h2-3,5-8,10-11,15-17,27H,4,9,12-14,19H2,1H3,(H,31,35)(H,32,36)/t27-/m1/s1. The maximum Gasteiger partial charge on any atom is 0.322 e. The van der Waals surface area contributed by atoms with Gasteiger partial charge in [-0.3, -0.25) is 4.79 Å². The maximum atomic E-state index is 13.1. The molecule has 0 spiro atoms. The van der Waals surface area contributed by atoms with Crippen molar-refractivity contribution in [3.8, 4) is 6.07 Å². The summed E-state index contributed by atoms with van der Waals surface area (Å²) in [5.74, 6) is -0.164. The van der Waals surface area contributed by atoms with Gasteiger partial charge in [0.2, 0.25) is 0 Å². The van der Waals surface area contributed by atoms with Crippen molar-refractivity contribution < 1.29 is 9.59 Å². The van der Waals surface area contributed by atoms with Crippen LogP contribution < -0.4 is 10.6 Å². The summed E-state index contributed by atoms with van der Waals surface area (Å²) in [4.78, 5) is 30.2. The van der Waals surface area contributed by atoms with Gasteiger partial charge in [-0.15, -0.1) is 0 Å². The Labute approximate surface area is 211 Å². The quantitative estimate of drug-likeness (QED) is 0.541. The molecule has 2 N–H and O–H groups in total. The van der Waals surface area contributed by atoms with E-state index < -0.39 is 0 Å². The molecule has 1 fully saturated rings. The number of likely N-dealkylation sites (tertiary alicyclic amines) is 1. The van der Waals surface area contributed by atoms with E-state index in [2.05, 4.69) is 40.8 Å². The number of anilines is 2. The van der Waals surface area contributed by atoms with E-state index in [1.54, 1.807) is 35.2 Å². The molecule has 1 saturated heterocycles. The number of carbonyl (C=O) groups excluding carboxylic acids is 2. The van der Waals surface area contributed by atoms with E-state index in [4.69, 9.17) is 5.26 Å². The normalized spacial score (nSPS) is 17.2. The summed E-state index contributed by atoms with van der Waals surface area (Å²) in [5.41, 5.74) is 5.98. The van der Waals surface area contributed by atoms with Crippen LogP contribution in [0.2, 0.25) is 0 Å². The van der Waals surface area contributed by atoms with Gasteiger partial charge in [-0.05, 0) is 85.5 Å². The summed E-state index contributed by atoms with van der Waals surface area (Å²) >= 11 is 0. The molecular formula is C29H29N5O2. The third kappa shape index (κ3) is 5.09. The molecule has 7 nitrogen and oxygen atoms in total. The molecule has 3 aromatic rings. The monoisotopic (exact) mass is 479 g/mol. The fourth-order valence-corrected chi connectivity index (χ4v) is 5.08. The Kier molecular flexibility index (Phi) is 6.70. The number of benzene rings is 3. The molecule has 3 amide bonds. The van der Waals surface area contributed by atoms with Crippen LogP contribution in [0.1, 0.15) is 51.5 Å². The van der Waals surface area contributed by atoms with E-state index in [1.165, 1.54) is 11.1 Å². The highest BCUT2D eigenvalue weighted by Crippen LogP contribution is 2.33. The highest BCUT2D eigenvalue weighted by Gasteiger charge is 2.30. The molecule has 2 aliphatic rings. The van der Waals surface area contributed by atoms with Gasteiger partial charge in [-0.25, -0.2) is 4.79 Å². The number of carbonyl (C=O) groups is 2. The average Bonchev–Trinajstić information content (AvgIpc) is 3.39. The topological polar surface area (TPSA) is 88.5 Å². The van der Waals surface area contributed by atoms with Crippen molar-refractivity contribution >= 4 is 23.3 Å². The first kappa shape index (κ1) is 23.6. The van der Waals surface area contributed by atoms with Gasteiger partial charge >= 0.3 is 6.03 Å². The van der Waals surface area contributed by atoms with Crippen LogP contribution in [0.15, 0.2) is 66.7 Å². The number of nitrogens with zero attached hydrogens (tertiary/aromatic N) is 3. The molecule has 0 aliphatic carbocycles. The van der Waals surface area contributed by atoms with Crippen molar-refractivity contribution in [3.63, 3.8) is 0 Å². The van der Waals surface area contributed by atoms with Crippen molar-refractivity contribution in [3.05, 3.63) is 94.5 Å². The minimum atomic E-state index is -0.207. The lowest BCUT2D eigenvalue weighted by molar-refractivity contribution is 0.102. The van der Waals surface area contributed by atoms with Crippen LogP contribution >= 0.6 is 0 Å². The lowest BCUT2D eigenvalue weighted by Crippen LogP contribution is -2.34. The highest BCUT2D eigenvalue weighted by molar-refractivity contribution is 6.04. The highest BCUT2D eigenvalue weighted by atomic mass is 16.2. The number of likely N-dealkylation sites (N-methyl/N-ethyl adjacent to an activating group) is 1. The van der Waals surface area contributed by atoms with Crippen molar-refractivity contribution in [2.75, 3.05) is 30.8 Å². The molecule has 182 valence electrons. The zero-order valence-electron chi connectivity index (χ0n) is 20.3. The zero-order valence-corrected chi connectivity index (χ0v) is 20.3. The van der Waals surface area contributed by atoms with E-state index in [-0.39, 0.29) is 18.0 Å². The summed E-state index contributed by atoms with van der Waals surface area (Å²) in [6.45, 7) is 2.57. The number of nitrogens with one attached hydrogen (secondary N) is 2. The Morgan fingerprint density at radius 2 is 1.78 bits per heavy atom. The SMILES string of the molecule is CN1CCc2ccc(NC(=O)c3cccc([C@H]4CCCN4C(=O)Nc4cccc(C#N)c4)c3)cc2C1. The number of fused-ring (bicyclic) bond motifs is 1. The summed E-state index contributed by atoms with van der Waals surface area (Å²) in [7, 11) is 2.11. The van der Waals surface area contributed by atoms with Crippen molar-refractivity contribution in [1.29, 1.82) is 5.26 Å².